The van der Waals surface area contributed by atoms with Gasteiger partial charge in [-0.25, -0.2) is 4.79 Å². The van der Waals surface area contributed by atoms with Gasteiger partial charge in [0.2, 0.25) is 0 Å². The highest BCUT2D eigenvalue weighted by Gasteiger charge is 2.03. The number of carboxylic acid groups (broad SMARTS) is 1. The van der Waals surface area contributed by atoms with E-state index in [2.05, 4.69) is 11.8 Å². The molecule has 0 aliphatic carbocycles. The standard InChI is InChI=1S/C21H14O3/c22-21(23)18-11-13-19(14-12-18)24-20-8-4-7-17(15-20)10-9-16-5-2-1-3-6-16/h1-8,11-15H,(H,22,23). The molecule has 0 heterocycles. The van der Waals surface area contributed by atoms with Gasteiger partial charge in [-0.15, -0.1) is 0 Å². The molecule has 0 fully saturated rings. The number of carboxylic acids is 1. The highest BCUT2D eigenvalue weighted by Crippen LogP contribution is 2.22. The summed E-state index contributed by atoms with van der Waals surface area (Å²) in [6.45, 7) is 0. The number of aromatic carboxylic acids is 1. The van der Waals surface area contributed by atoms with E-state index < -0.39 is 5.97 Å². The first-order valence-electron chi connectivity index (χ1n) is 7.39. The third-order valence-corrected chi connectivity index (χ3v) is 3.30. The molecule has 24 heavy (non-hydrogen) atoms. The van der Waals surface area contributed by atoms with Crippen molar-refractivity contribution in [3.05, 3.63) is 95.6 Å². The van der Waals surface area contributed by atoms with Crippen molar-refractivity contribution in [1.82, 2.24) is 0 Å². The van der Waals surface area contributed by atoms with Crippen LogP contribution >= 0.6 is 0 Å². The lowest BCUT2D eigenvalue weighted by Crippen LogP contribution is -1.95. The summed E-state index contributed by atoms with van der Waals surface area (Å²) in [7, 11) is 0. The molecule has 0 bridgehead atoms. The second kappa shape index (κ2) is 7.17. The third kappa shape index (κ3) is 4.02. The van der Waals surface area contributed by atoms with Crippen molar-refractivity contribution in [3.8, 4) is 23.3 Å². The maximum absolute atomic E-state index is 10.8. The number of carbonyl (C=O) groups is 1. The van der Waals surface area contributed by atoms with Gasteiger partial charge in [0, 0.05) is 11.1 Å². The van der Waals surface area contributed by atoms with E-state index in [4.69, 9.17) is 9.84 Å². The Labute approximate surface area is 140 Å². The summed E-state index contributed by atoms with van der Waals surface area (Å²) >= 11 is 0. The molecule has 3 aromatic carbocycles. The van der Waals surface area contributed by atoms with Crippen molar-refractivity contribution in [3.63, 3.8) is 0 Å². The van der Waals surface area contributed by atoms with Gasteiger partial charge in [0.05, 0.1) is 5.56 Å². The molecule has 3 rings (SSSR count). The molecule has 116 valence electrons. The zero-order valence-electron chi connectivity index (χ0n) is 12.8. The summed E-state index contributed by atoms with van der Waals surface area (Å²) in [6, 6.07) is 23.5. The SMILES string of the molecule is O=C(O)c1ccc(Oc2cccc(C#Cc3ccccc3)c2)cc1. The minimum atomic E-state index is -0.959. The van der Waals surface area contributed by atoms with Crippen molar-refractivity contribution >= 4 is 5.97 Å². The van der Waals surface area contributed by atoms with Gasteiger partial charge < -0.3 is 9.84 Å². The molecule has 0 aliphatic rings. The Balaban J connectivity index is 1.76. The predicted octanol–water partition coefficient (Wildman–Crippen LogP) is 4.58. The van der Waals surface area contributed by atoms with Crippen molar-refractivity contribution in [2.45, 2.75) is 0 Å². The first-order chi connectivity index (χ1) is 11.7. The van der Waals surface area contributed by atoms with E-state index >= 15 is 0 Å². The summed E-state index contributed by atoms with van der Waals surface area (Å²) in [6.07, 6.45) is 0. The summed E-state index contributed by atoms with van der Waals surface area (Å²) < 4.78 is 5.75. The lowest BCUT2D eigenvalue weighted by molar-refractivity contribution is 0.0697. The highest BCUT2D eigenvalue weighted by molar-refractivity contribution is 5.87. The van der Waals surface area contributed by atoms with Crippen LogP contribution in [-0.2, 0) is 0 Å². The molecule has 0 atom stereocenters. The lowest BCUT2D eigenvalue weighted by Gasteiger charge is -2.06. The fourth-order valence-electron chi connectivity index (χ4n) is 2.10. The summed E-state index contributed by atoms with van der Waals surface area (Å²) in [4.78, 5) is 10.8. The van der Waals surface area contributed by atoms with Crippen LogP contribution in [0.3, 0.4) is 0 Å². The van der Waals surface area contributed by atoms with Crippen molar-refractivity contribution in [2.24, 2.45) is 0 Å². The van der Waals surface area contributed by atoms with E-state index in [0.29, 0.717) is 11.5 Å². The molecule has 0 radical (unpaired) electrons. The minimum Gasteiger partial charge on any atom is -0.478 e. The Morgan fingerprint density at radius 3 is 2.12 bits per heavy atom. The van der Waals surface area contributed by atoms with Gasteiger partial charge in [-0.2, -0.15) is 0 Å². The monoisotopic (exact) mass is 314 g/mol. The van der Waals surface area contributed by atoms with Crippen LogP contribution < -0.4 is 4.74 Å². The smallest absolute Gasteiger partial charge is 0.335 e. The molecule has 0 aromatic heterocycles. The fraction of sp³-hybridized carbons (Fsp3) is 0. The normalized spacial score (nSPS) is 9.67. The molecule has 0 saturated heterocycles. The second-order valence-electron chi connectivity index (χ2n) is 5.08. The van der Waals surface area contributed by atoms with E-state index in [1.165, 1.54) is 12.1 Å². The predicted molar refractivity (Wildman–Crippen MR) is 92.3 cm³/mol. The van der Waals surface area contributed by atoms with E-state index in [9.17, 15) is 4.79 Å². The topological polar surface area (TPSA) is 46.5 Å². The van der Waals surface area contributed by atoms with Gasteiger partial charge in [-0.05, 0) is 54.6 Å². The third-order valence-electron chi connectivity index (χ3n) is 3.30. The Hall–Kier alpha value is -3.51. The van der Waals surface area contributed by atoms with Gasteiger partial charge in [0.15, 0.2) is 0 Å². The molecule has 0 amide bonds. The van der Waals surface area contributed by atoms with Crippen molar-refractivity contribution in [2.75, 3.05) is 0 Å². The molecular formula is C21H14O3. The lowest BCUT2D eigenvalue weighted by atomic mass is 10.2. The summed E-state index contributed by atoms with van der Waals surface area (Å²) in [5.41, 5.74) is 2.02. The number of ether oxygens (including phenoxy) is 1. The Morgan fingerprint density at radius 2 is 1.42 bits per heavy atom. The fourth-order valence-corrected chi connectivity index (χ4v) is 2.10. The molecule has 0 aliphatic heterocycles. The van der Waals surface area contributed by atoms with E-state index in [-0.39, 0.29) is 5.56 Å². The summed E-state index contributed by atoms with van der Waals surface area (Å²) in [5.74, 6) is 6.47. The van der Waals surface area contributed by atoms with Gasteiger partial charge in [-0.1, -0.05) is 36.1 Å². The zero-order valence-corrected chi connectivity index (χ0v) is 12.8. The highest BCUT2D eigenvalue weighted by atomic mass is 16.5. The minimum absolute atomic E-state index is 0.227. The first kappa shape index (κ1) is 15.4. The number of rotatable bonds is 3. The molecule has 0 saturated carbocycles. The van der Waals surface area contributed by atoms with Crippen LogP contribution in [0.2, 0.25) is 0 Å². The maximum atomic E-state index is 10.8. The van der Waals surface area contributed by atoms with Crippen molar-refractivity contribution < 1.29 is 14.6 Å². The largest absolute Gasteiger partial charge is 0.478 e. The Bertz CT molecular complexity index is 901. The molecule has 3 nitrogen and oxygen atoms in total. The molecule has 1 N–H and O–H groups in total. The van der Waals surface area contributed by atoms with Crippen LogP contribution in [0.4, 0.5) is 0 Å². The van der Waals surface area contributed by atoms with Gasteiger partial charge in [0.25, 0.3) is 0 Å². The molecular weight excluding hydrogens is 300 g/mol. The molecule has 0 unspecified atom stereocenters. The zero-order chi connectivity index (χ0) is 16.8. The average molecular weight is 314 g/mol. The van der Waals surface area contributed by atoms with E-state index in [0.717, 1.165) is 11.1 Å². The van der Waals surface area contributed by atoms with Crippen LogP contribution in [0.25, 0.3) is 0 Å². The Morgan fingerprint density at radius 1 is 0.750 bits per heavy atom. The molecule has 0 spiro atoms. The Kier molecular flexibility index (Phi) is 4.60. The van der Waals surface area contributed by atoms with E-state index in [1.807, 2.05) is 54.6 Å². The van der Waals surface area contributed by atoms with Crippen LogP contribution in [0.1, 0.15) is 21.5 Å². The van der Waals surface area contributed by atoms with Crippen LogP contribution in [-0.4, -0.2) is 11.1 Å². The average Bonchev–Trinajstić information content (AvgIpc) is 2.62. The van der Waals surface area contributed by atoms with Crippen molar-refractivity contribution in [1.29, 1.82) is 0 Å². The van der Waals surface area contributed by atoms with Gasteiger partial charge >= 0.3 is 5.97 Å². The number of benzene rings is 3. The number of hydrogen-bond acceptors (Lipinski definition) is 2. The number of hydrogen-bond donors (Lipinski definition) is 1. The maximum Gasteiger partial charge on any atom is 0.335 e. The van der Waals surface area contributed by atoms with Crippen LogP contribution in [0.5, 0.6) is 11.5 Å². The van der Waals surface area contributed by atoms with Gasteiger partial charge in [-0.3, -0.25) is 0 Å². The first-order valence-corrected chi connectivity index (χ1v) is 7.39. The van der Waals surface area contributed by atoms with E-state index in [1.54, 1.807) is 12.1 Å². The molecule has 3 heteroatoms. The second-order valence-corrected chi connectivity index (χ2v) is 5.08. The molecule has 3 aromatic rings. The van der Waals surface area contributed by atoms with Gasteiger partial charge in [0.1, 0.15) is 11.5 Å². The van der Waals surface area contributed by atoms with Crippen LogP contribution in [0.15, 0.2) is 78.9 Å². The van der Waals surface area contributed by atoms with Crippen LogP contribution in [0, 0.1) is 11.8 Å². The summed E-state index contributed by atoms with van der Waals surface area (Å²) in [5, 5.41) is 8.90. The quantitative estimate of drug-likeness (QED) is 0.720.